The summed E-state index contributed by atoms with van der Waals surface area (Å²) < 4.78 is 15.7. The minimum Gasteiger partial charge on any atom is -0.387 e. The van der Waals surface area contributed by atoms with E-state index < -0.39 is 49.2 Å². The first-order valence-corrected chi connectivity index (χ1v) is 8.54. The Morgan fingerprint density at radius 2 is 1.59 bits per heavy atom. The fraction of sp³-hybridized carbons (Fsp3) is 0.588. The molecule has 0 radical (unpaired) electrons. The third kappa shape index (κ3) is 4.45. The number of hydrogen-bond donors (Lipinski definition) is 6. The molecule has 8 atom stereocenters. The van der Waals surface area contributed by atoms with Crippen LogP contribution in [0, 0.1) is 0 Å². The van der Waals surface area contributed by atoms with E-state index >= 15 is 0 Å². The molecule has 0 aliphatic carbocycles. The molecule has 2 fully saturated rings. The number of carbonyl (C=O) groups is 1. The Hall–Kier alpha value is -1.63. The molecule has 6 N–H and O–H groups in total. The lowest BCUT2D eigenvalue weighted by atomic mass is 10.1. The molecular formula is C17H23NO9. The van der Waals surface area contributed by atoms with Crippen LogP contribution in [0.2, 0.25) is 0 Å². The zero-order valence-corrected chi connectivity index (χ0v) is 14.3. The lowest BCUT2D eigenvalue weighted by molar-refractivity contribution is -0.195. The van der Waals surface area contributed by atoms with Crippen molar-refractivity contribution in [1.29, 1.82) is 0 Å². The van der Waals surface area contributed by atoms with E-state index in [0.29, 0.717) is 5.56 Å². The highest BCUT2D eigenvalue weighted by Gasteiger charge is 2.46. The van der Waals surface area contributed by atoms with Gasteiger partial charge in [0.2, 0.25) is 0 Å². The molecule has 150 valence electrons. The predicted molar refractivity (Wildman–Crippen MR) is 88.3 cm³/mol. The lowest BCUT2D eigenvalue weighted by Crippen LogP contribution is -2.40. The van der Waals surface area contributed by atoms with Crippen molar-refractivity contribution in [3.63, 3.8) is 0 Å². The summed E-state index contributed by atoms with van der Waals surface area (Å²) in [4.78, 5) is 12.0. The van der Waals surface area contributed by atoms with E-state index in [2.05, 4.69) is 5.32 Å². The van der Waals surface area contributed by atoms with Crippen molar-refractivity contribution in [1.82, 2.24) is 5.32 Å². The van der Waals surface area contributed by atoms with Crippen LogP contribution in [-0.4, -0.2) is 93.8 Å². The van der Waals surface area contributed by atoms with Crippen LogP contribution in [0.1, 0.15) is 10.4 Å². The van der Waals surface area contributed by atoms with Gasteiger partial charge in [-0.05, 0) is 12.1 Å². The molecule has 0 spiro atoms. The van der Waals surface area contributed by atoms with Crippen LogP contribution in [0.3, 0.4) is 0 Å². The second kappa shape index (κ2) is 8.59. The smallest absolute Gasteiger partial charge is 0.251 e. The predicted octanol–water partition coefficient (Wildman–Crippen LogP) is -2.68. The zero-order valence-electron chi connectivity index (χ0n) is 14.3. The van der Waals surface area contributed by atoms with Crippen LogP contribution in [0.25, 0.3) is 0 Å². The molecule has 10 heteroatoms. The average molecular weight is 385 g/mol. The second-order valence-electron chi connectivity index (χ2n) is 6.48. The molecule has 0 saturated carbocycles. The summed E-state index contributed by atoms with van der Waals surface area (Å²) in [6.45, 7) is -0.335. The molecule has 0 bridgehead atoms. The fourth-order valence-corrected chi connectivity index (χ4v) is 2.96. The monoisotopic (exact) mass is 385 g/mol. The number of aliphatic hydroxyl groups excluding tert-OH is 5. The second-order valence-corrected chi connectivity index (χ2v) is 6.48. The molecule has 0 unspecified atom stereocenters. The number of ether oxygens (including phenoxy) is 3. The highest BCUT2D eigenvalue weighted by molar-refractivity contribution is 5.94. The highest BCUT2D eigenvalue weighted by atomic mass is 16.7. The Morgan fingerprint density at radius 1 is 0.926 bits per heavy atom. The first kappa shape index (κ1) is 20.1. The number of nitrogens with one attached hydrogen (secondary N) is 1. The van der Waals surface area contributed by atoms with Gasteiger partial charge in [0.25, 0.3) is 5.91 Å². The molecule has 10 nitrogen and oxygen atoms in total. The minimum absolute atomic E-state index is 0.0498. The molecule has 27 heavy (non-hydrogen) atoms. The van der Waals surface area contributed by atoms with Gasteiger partial charge in [0.05, 0.1) is 6.61 Å². The van der Waals surface area contributed by atoms with Gasteiger partial charge in [-0.1, -0.05) is 18.2 Å². The van der Waals surface area contributed by atoms with E-state index in [1.54, 1.807) is 30.3 Å². The van der Waals surface area contributed by atoms with Crippen LogP contribution in [0.5, 0.6) is 0 Å². The van der Waals surface area contributed by atoms with Crippen LogP contribution in [-0.2, 0) is 14.2 Å². The van der Waals surface area contributed by atoms with Crippen LogP contribution >= 0.6 is 0 Å². The van der Waals surface area contributed by atoms with E-state index in [9.17, 15) is 30.3 Å². The van der Waals surface area contributed by atoms with Crippen molar-refractivity contribution in [3.05, 3.63) is 35.9 Å². The third-order valence-electron chi connectivity index (χ3n) is 4.58. The molecular weight excluding hydrogens is 362 g/mol. The minimum atomic E-state index is -1.53. The average Bonchev–Trinajstić information content (AvgIpc) is 3.09. The first-order valence-electron chi connectivity index (χ1n) is 8.54. The third-order valence-corrected chi connectivity index (χ3v) is 4.58. The van der Waals surface area contributed by atoms with Gasteiger partial charge < -0.3 is 45.1 Å². The van der Waals surface area contributed by atoms with Gasteiger partial charge in [-0.2, -0.15) is 0 Å². The van der Waals surface area contributed by atoms with Crippen molar-refractivity contribution in [3.8, 4) is 0 Å². The van der Waals surface area contributed by atoms with E-state index in [-0.39, 0.29) is 19.1 Å². The largest absolute Gasteiger partial charge is 0.387 e. The molecule has 1 aromatic carbocycles. The molecule has 2 aliphatic rings. The SMILES string of the molecule is O=C(NC[C@H]1O[C@H](OC[C@H]2O[C@H](O)[C@@H](O)[C@@H]2O)[C@@H](O)[C@@H]1O)c1ccccc1. The summed E-state index contributed by atoms with van der Waals surface area (Å²) in [5, 5.41) is 51.2. The summed E-state index contributed by atoms with van der Waals surface area (Å²) in [6.07, 6.45) is -10.2. The van der Waals surface area contributed by atoms with Gasteiger partial charge in [-0.25, -0.2) is 0 Å². The Bertz CT molecular complexity index is 630. The van der Waals surface area contributed by atoms with Gasteiger partial charge >= 0.3 is 0 Å². The van der Waals surface area contributed by atoms with E-state index in [1.165, 1.54) is 0 Å². The fourth-order valence-electron chi connectivity index (χ4n) is 2.96. The molecule has 2 saturated heterocycles. The van der Waals surface area contributed by atoms with Gasteiger partial charge in [-0.15, -0.1) is 0 Å². The normalized spacial score (nSPS) is 38.9. The number of aliphatic hydroxyl groups is 5. The quantitative estimate of drug-likeness (QED) is 0.307. The van der Waals surface area contributed by atoms with Crippen molar-refractivity contribution < 1.29 is 44.5 Å². The van der Waals surface area contributed by atoms with Gasteiger partial charge in [0.1, 0.15) is 36.6 Å². The Labute approximate surface area is 154 Å². The van der Waals surface area contributed by atoms with Gasteiger partial charge in [0, 0.05) is 12.1 Å². The van der Waals surface area contributed by atoms with Crippen molar-refractivity contribution >= 4 is 5.91 Å². The Kier molecular flexibility index (Phi) is 6.40. The molecule has 2 aliphatic heterocycles. The van der Waals surface area contributed by atoms with Gasteiger partial charge in [-0.3, -0.25) is 4.79 Å². The summed E-state index contributed by atoms with van der Waals surface area (Å²) in [5.41, 5.74) is 0.447. The standard InChI is InChI=1S/C17H23NO9/c19-11-9(6-18-15(23)8-4-2-1-3-5-8)27-17(14(11)22)25-7-10-12(20)13(21)16(24)26-10/h1-5,9-14,16-17,19-22,24H,6-7H2,(H,18,23)/t9-,10-,11-,12-,13+,14+,16+,17+/m1/s1. The number of rotatable bonds is 6. The Morgan fingerprint density at radius 3 is 2.22 bits per heavy atom. The highest BCUT2D eigenvalue weighted by Crippen LogP contribution is 2.25. The molecule has 3 rings (SSSR count). The summed E-state index contributed by atoms with van der Waals surface area (Å²) >= 11 is 0. The summed E-state index contributed by atoms with van der Waals surface area (Å²) in [5.74, 6) is -0.351. The topological polar surface area (TPSA) is 158 Å². The number of benzene rings is 1. The first-order chi connectivity index (χ1) is 12.9. The summed E-state index contributed by atoms with van der Waals surface area (Å²) in [7, 11) is 0. The molecule has 1 amide bonds. The number of amides is 1. The molecule has 2 heterocycles. The van der Waals surface area contributed by atoms with E-state index in [4.69, 9.17) is 14.2 Å². The number of hydrogen-bond acceptors (Lipinski definition) is 9. The van der Waals surface area contributed by atoms with Gasteiger partial charge in [0.15, 0.2) is 12.6 Å². The van der Waals surface area contributed by atoms with E-state index in [0.717, 1.165) is 0 Å². The van der Waals surface area contributed by atoms with Crippen LogP contribution in [0.4, 0.5) is 0 Å². The maximum Gasteiger partial charge on any atom is 0.251 e. The zero-order chi connectivity index (χ0) is 19.6. The summed E-state index contributed by atoms with van der Waals surface area (Å²) in [6, 6.07) is 8.49. The van der Waals surface area contributed by atoms with Crippen LogP contribution in [0.15, 0.2) is 30.3 Å². The lowest BCUT2D eigenvalue weighted by Gasteiger charge is -2.19. The van der Waals surface area contributed by atoms with Crippen LogP contribution < -0.4 is 5.32 Å². The maximum absolute atomic E-state index is 12.0. The van der Waals surface area contributed by atoms with E-state index in [1.807, 2.05) is 0 Å². The molecule has 0 aromatic heterocycles. The Balaban J connectivity index is 1.48. The van der Waals surface area contributed by atoms with Crippen molar-refractivity contribution in [2.24, 2.45) is 0 Å². The molecule has 1 aromatic rings. The van der Waals surface area contributed by atoms with Crippen molar-refractivity contribution in [2.45, 2.75) is 49.2 Å². The number of carbonyl (C=O) groups excluding carboxylic acids is 1. The maximum atomic E-state index is 12.0. The van der Waals surface area contributed by atoms with Crippen molar-refractivity contribution in [2.75, 3.05) is 13.2 Å².